The lowest BCUT2D eigenvalue weighted by Gasteiger charge is -2.35. The van der Waals surface area contributed by atoms with Gasteiger partial charge < -0.3 is 10.2 Å². The Morgan fingerprint density at radius 2 is 2.16 bits per heavy atom. The highest BCUT2D eigenvalue weighted by atomic mass is 35.5. The Morgan fingerprint density at radius 1 is 1.32 bits per heavy atom. The summed E-state index contributed by atoms with van der Waals surface area (Å²) in [6, 6.07) is 6.34. The van der Waals surface area contributed by atoms with E-state index in [1.165, 1.54) is 32.2 Å². The maximum atomic E-state index is 11.9. The van der Waals surface area contributed by atoms with Crippen LogP contribution >= 0.6 is 35.0 Å². The number of thioether (sulfide) groups is 1. The molecule has 0 spiro atoms. The third-order valence-electron chi connectivity index (χ3n) is 4.65. The van der Waals surface area contributed by atoms with E-state index in [2.05, 4.69) is 17.1 Å². The second-order valence-electron chi connectivity index (χ2n) is 6.54. The van der Waals surface area contributed by atoms with Gasteiger partial charge in [0, 0.05) is 24.9 Å². The first-order valence-corrected chi connectivity index (χ1v) is 11.0. The number of nitrogens with zero attached hydrogens (tertiary/aromatic N) is 1. The first-order chi connectivity index (χ1) is 12.1. The molecule has 140 valence electrons. The van der Waals surface area contributed by atoms with Crippen LogP contribution < -0.4 is 5.32 Å². The van der Waals surface area contributed by atoms with E-state index in [1.807, 2.05) is 12.1 Å². The lowest BCUT2D eigenvalue weighted by Crippen LogP contribution is -2.40. The van der Waals surface area contributed by atoms with E-state index in [4.69, 9.17) is 23.2 Å². The number of carbonyl (C=O) groups is 1. The summed E-state index contributed by atoms with van der Waals surface area (Å²) >= 11 is 13.5. The number of halogens is 2. The molecular weight excluding hydrogens is 375 g/mol. The van der Waals surface area contributed by atoms with E-state index in [1.54, 1.807) is 17.8 Å². The van der Waals surface area contributed by atoms with Crippen molar-refractivity contribution in [1.29, 1.82) is 0 Å². The van der Waals surface area contributed by atoms with Crippen LogP contribution in [0.2, 0.25) is 10.0 Å². The molecule has 0 saturated carbocycles. The Balaban J connectivity index is 1.57. The third-order valence-corrected chi connectivity index (χ3v) is 6.39. The number of rotatable bonds is 9. The number of nitrogens with one attached hydrogen (secondary N) is 1. The summed E-state index contributed by atoms with van der Waals surface area (Å²) in [5.74, 6) is 1.34. The number of benzene rings is 1. The molecule has 1 heterocycles. The zero-order chi connectivity index (χ0) is 18.1. The van der Waals surface area contributed by atoms with Crippen LogP contribution in [0.4, 0.5) is 0 Å². The number of hydrogen-bond donors (Lipinski definition) is 1. The van der Waals surface area contributed by atoms with Crippen molar-refractivity contribution in [2.45, 2.75) is 50.8 Å². The fraction of sp³-hybridized carbons (Fsp3) is 0.632. The molecule has 0 aliphatic carbocycles. The van der Waals surface area contributed by atoms with Crippen LogP contribution in [0.3, 0.4) is 0 Å². The highest BCUT2D eigenvalue weighted by Crippen LogP contribution is 2.24. The van der Waals surface area contributed by atoms with Crippen LogP contribution in [0.1, 0.15) is 44.6 Å². The molecule has 1 saturated heterocycles. The third kappa shape index (κ3) is 7.38. The van der Waals surface area contributed by atoms with Crippen LogP contribution in [0.15, 0.2) is 18.2 Å². The van der Waals surface area contributed by atoms with Crippen LogP contribution in [0.5, 0.6) is 0 Å². The zero-order valence-corrected chi connectivity index (χ0v) is 17.2. The molecule has 1 fully saturated rings. The van der Waals surface area contributed by atoms with E-state index in [0.717, 1.165) is 36.9 Å². The van der Waals surface area contributed by atoms with E-state index in [-0.39, 0.29) is 5.91 Å². The van der Waals surface area contributed by atoms with Gasteiger partial charge in [-0.15, -0.1) is 11.8 Å². The highest BCUT2D eigenvalue weighted by Gasteiger charge is 2.19. The van der Waals surface area contributed by atoms with Crippen molar-refractivity contribution in [1.82, 2.24) is 10.2 Å². The molecule has 25 heavy (non-hydrogen) atoms. The van der Waals surface area contributed by atoms with E-state index in [9.17, 15) is 4.79 Å². The average molecular weight is 403 g/mol. The van der Waals surface area contributed by atoms with Gasteiger partial charge in [0.1, 0.15) is 0 Å². The summed E-state index contributed by atoms with van der Waals surface area (Å²) in [4.78, 5) is 14.5. The summed E-state index contributed by atoms with van der Waals surface area (Å²) in [7, 11) is 0. The van der Waals surface area contributed by atoms with Crippen molar-refractivity contribution >= 4 is 40.9 Å². The highest BCUT2D eigenvalue weighted by molar-refractivity contribution is 7.99. The van der Waals surface area contributed by atoms with Gasteiger partial charge >= 0.3 is 0 Å². The van der Waals surface area contributed by atoms with Crippen molar-refractivity contribution in [3.63, 3.8) is 0 Å². The molecule has 3 nitrogen and oxygen atoms in total. The molecule has 1 aliphatic heterocycles. The topological polar surface area (TPSA) is 32.3 Å². The Hall–Kier alpha value is -0.420. The largest absolute Gasteiger partial charge is 0.355 e. The van der Waals surface area contributed by atoms with Gasteiger partial charge in [0.05, 0.1) is 15.8 Å². The molecule has 6 heteroatoms. The molecule has 0 bridgehead atoms. The van der Waals surface area contributed by atoms with Crippen LogP contribution in [-0.4, -0.2) is 42.2 Å². The van der Waals surface area contributed by atoms with Gasteiger partial charge in [-0.1, -0.05) is 42.6 Å². The predicted molar refractivity (Wildman–Crippen MR) is 110 cm³/mol. The smallest absolute Gasteiger partial charge is 0.230 e. The van der Waals surface area contributed by atoms with Gasteiger partial charge in [-0.25, -0.2) is 0 Å². The molecule has 1 aliphatic rings. The number of hydrogen-bond acceptors (Lipinski definition) is 3. The molecule has 0 aromatic heterocycles. The van der Waals surface area contributed by atoms with E-state index >= 15 is 0 Å². The Bertz CT molecular complexity index is 556. The Kier molecular flexibility index (Phi) is 9.46. The van der Waals surface area contributed by atoms with Gasteiger partial charge in [-0.2, -0.15) is 0 Å². The first-order valence-electron chi connectivity index (χ1n) is 9.12. The minimum Gasteiger partial charge on any atom is -0.355 e. The van der Waals surface area contributed by atoms with Gasteiger partial charge in [0.15, 0.2) is 0 Å². The molecule has 2 rings (SSSR count). The lowest BCUT2D eigenvalue weighted by molar-refractivity contribution is -0.118. The summed E-state index contributed by atoms with van der Waals surface area (Å²) in [6.07, 6.45) is 6.27. The summed E-state index contributed by atoms with van der Waals surface area (Å²) in [5.41, 5.74) is 1.09. The Morgan fingerprint density at radius 3 is 2.92 bits per heavy atom. The number of likely N-dealkylation sites (tertiary alicyclic amines) is 1. The average Bonchev–Trinajstić information content (AvgIpc) is 2.62. The van der Waals surface area contributed by atoms with Crippen LogP contribution in [-0.2, 0) is 10.5 Å². The van der Waals surface area contributed by atoms with Crippen molar-refractivity contribution < 1.29 is 4.79 Å². The van der Waals surface area contributed by atoms with Gasteiger partial charge in [0.2, 0.25) is 5.91 Å². The molecular formula is C19H28Cl2N2OS. The van der Waals surface area contributed by atoms with Gasteiger partial charge in [0.25, 0.3) is 0 Å². The van der Waals surface area contributed by atoms with Crippen LogP contribution in [0, 0.1) is 0 Å². The van der Waals surface area contributed by atoms with Crippen molar-refractivity contribution in [3.8, 4) is 0 Å². The summed E-state index contributed by atoms with van der Waals surface area (Å²) in [5, 5.41) is 4.15. The van der Waals surface area contributed by atoms with Crippen molar-refractivity contribution in [2.75, 3.05) is 25.4 Å². The maximum absolute atomic E-state index is 11.9. The van der Waals surface area contributed by atoms with Crippen molar-refractivity contribution in [3.05, 3.63) is 33.8 Å². The molecule has 0 unspecified atom stereocenters. The quantitative estimate of drug-likeness (QED) is 0.589. The maximum Gasteiger partial charge on any atom is 0.230 e. The summed E-state index contributed by atoms with van der Waals surface area (Å²) in [6.45, 7) is 5.34. The number of carbonyl (C=O) groups excluding carboxylic acids is 1. The SMILES string of the molecule is CC[C@H]1CCCCN1CCCNC(=O)CSCc1ccc(Cl)c(Cl)c1. The van der Waals surface area contributed by atoms with E-state index in [0.29, 0.717) is 15.8 Å². The summed E-state index contributed by atoms with van der Waals surface area (Å²) < 4.78 is 0. The predicted octanol–water partition coefficient (Wildman–Crippen LogP) is 5.00. The fourth-order valence-electron chi connectivity index (χ4n) is 3.27. The van der Waals surface area contributed by atoms with E-state index < -0.39 is 0 Å². The lowest BCUT2D eigenvalue weighted by atomic mass is 10.00. The van der Waals surface area contributed by atoms with Gasteiger partial charge in [-0.05, 0) is 49.9 Å². The molecule has 0 radical (unpaired) electrons. The minimum absolute atomic E-state index is 0.107. The minimum atomic E-state index is 0.107. The molecule has 1 aromatic carbocycles. The Labute approximate surface area is 165 Å². The second-order valence-corrected chi connectivity index (χ2v) is 8.34. The first kappa shape index (κ1) is 20.9. The fourth-order valence-corrected chi connectivity index (χ4v) is 4.39. The molecule has 1 aromatic rings. The van der Waals surface area contributed by atoms with Crippen LogP contribution in [0.25, 0.3) is 0 Å². The monoisotopic (exact) mass is 402 g/mol. The van der Waals surface area contributed by atoms with Gasteiger partial charge in [-0.3, -0.25) is 4.79 Å². The number of piperidine rings is 1. The second kappa shape index (κ2) is 11.3. The normalized spacial score (nSPS) is 18.3. The standard InChI is InChI=1S/C19H28Cl2N2OS/c1-2-16-6-3-4-10-23(16)11-5-9-22-19(24)14-25-13-15-7-8-17(20)18(21)12-15/h7-8,12,16H,2-6,9-11,13-14H2,1H3,(H,22,24)/t16-/m0/s1. The molecule has 1 amide bonds. The zero-order valence-electron chi connectivity index (χ0n) is 14.9. The van der Waals surface area contributed by atoms with Crippen molar-refractivity contribution in [2.24, 2.45) is 0 Å². The number of amides is 1. The molecule has 1 atom stereocenters. The molecule has 1 N–H and O–H groups in total.